The minimum atomic E-state index is 0.0736. The fraction of sp³-hybridized carbons (Fsp3) is 0.118. The van der Waals surface area contributed by atoms with Crippen molar-refractivity contribution < 1.29 is 4.74 Å². The van der Waals surface area contributed by atoms with Gasteiger partial charge < -0.3 is 4.74 Å². The molecule has 3 nitrogen and oxygen atoms in total. The van der Waals surface area contributed by atoms with Crippen LogP contribution in [-0.4, -0.2) is 11.6 Å². The maximum Gasteiger partial charge on any atom is 0.219 e. The van der Waals surface area contributed by atoms with E-state index >= 15 is 0 Å². The lowest BCUT2D eigenvalue weighted by atomic mass is 9.99. The Morgan fingerprint density at radius 3 is 1.37 bits per heavy atom. The van der Waals surface area contributed by atoms with E-state index in [2.05, 4.69) is 86.0 Å². The summed E-state index contributed by atoms with van der Waals surface area (Å²) < 4.78 is 5.82. The van der Waals surface area contributed by atoms with E-state index in [9.17, 15) is 0 Å². The minimum Gasteiger partial charge on any atom is -0.439 e. The summed E-state index contributed by atoms with van der Waals surface area (Å²) in [5, 5.41) is 17.3. The van der Waals surface area contributed by atoms with Crippen molar-refractivity contribution in [3.63, 3.8) is 0 Å². The van der Waals surface area contributed by atoms with E-state index in [1.54, 1.807) is 0 Å². The molecule has 1 aliphatic rings. The van der Waals surface area contributed by atoms with Gasteiger partial charge in [0.1, 0.15) is 5.76 Å². The van der Waals surface area contributed by atoms with Crippen molar-refractivity contribution in [3.05, 3.63) is 233 Å². The van der Waals surface area contributed by atoms with Crippen LogP contribution in [0.2, 0.25) is 0 Å². The van der Waals surface area contributed by atoms with E-state index in [1.807, 2.05) is 119 Å². The Morgan fingerprint density at radius 2 is 0.852 bits per heavy atom. The first kappa shape index (κ1) is 38.9. The molecule has 0 amide bonds. The summed E-state index contributed by atoms with van der Waals surface area (Å²) in [6, 6.07) is 53.4. The molecule has 7 rings (SSSR count). The Balaban J connectivity index is 0.00000136. The highest BCUT2D eigenvalue weighted by Crippen LogP contribution is 2.42. The third-order valence-electron chi connectivity index (χ3n) is 9.05. The van der Waals surface area contributed by atoms with Crippen LogP contribution >= 0.6 is 0 Å². The Hall–Kier alpha value is -6.32. The summed E-state index contributed by atoms with van der Waals surface area (Å²) in [6.07, 6.45) is 3.66. The van der Waals surface area contributed by atoms with E-state index in [-0.39, 0.29) is 5.90 Å². The van der Waals surface area contributed by atoms with Crippen LogP contribution in [-0.2, 0) is 17.6 Å². The van der Waals surface area contributed by atoms with Crippen molar-refractivity contribution >= 4 is 22.9 Å². The predicted molar refractivity (Wildman–Crippen MR) is 230 cm³/mol. The molecule has 0 saturated heterocycles. The summed E-state index contributed by atoms with van der Waals surface area (Å²) in [4.78, 5) is 0. The van der Waals surface area contributed by atoms with Crippen molar-refractivity contribution in [3.8, 4) is 11.1 Å². The first-order valence-corrected chi connectivity index (χ1v) is 18.7. The number of hydrogen-bond acceptors (Lipinski definition) is 3. The molecule has 0 bridgehead atoms. The molecule has 0 aromatic heterocycles. The molecule has 6 aromatic carbocycles. The van der Waals surface area contributed by atoms with E-state index in [0.29, 0.717) is 17.0 Å². The van der Waals surface area contributed by atoms with Gasteiger partial charge in [-0.2, -0.15) is 0 Å². The molecule has 54 heavy (non-hydrogen) atoms. The molecule has 0 fully saturated rings. The van der Waals surface area contributed by atoms with Gasteiger partial charge in [0, 0.05) is 17.5 Å². The Labute approximate surface area is 322 Å². The van der Waals surface area contributed by atoms with Crippen LogP contribution in [0.1, 0.15) is 72.2 Å². The molecule has 0 atom stereocenters. The molecule has 1 radical (unpaired) electrons. The molecule has 0 spiro atoms. The largest absolute Gasteiger partial charge is 0.439 e. The Kier molecular flexibility index (Phi) is 13.7. The smallest absolute Gasteiger partial charge is 0.219 e. The molecule has 0 aliphatic heterocycles. The van der Waals surface area contributed by atoms with Crippen molar-refractivity contribution in [2.45, 2.75) is 40.5 Å². The molecule has 6 aromatic rings. The summed E-state index contributed by atoms with van der Waals surface area (Å²) in [7, 11) is 0. The van der Waals surface area contributed by atoms with Crippen LogP contribution in [0.5, 0.6) is 0 Å². The quantitative estimate of drug-likeness (QED) is 0.0743. The second-order valence-corrected chi connectivity index (χ2v) is 12.6. The van der Waals surface area contributed by atoms with E-state index in [0.717, 1.165) is 51.8 Å². The predicted octanol–water partition coefficient (Wildman–Crippen LogP) is 13.2. The third kappa shape index (κ3) is 9.96. The molecule has 3 heteroatoms. The maximum atomic E-state index is 8.82. The summed E-state index contributed by atoms with van der Waals surface area (Å²) >= 11 is 0. The van der Waals surface area contributed by atoms with Crippen molar-refractivity contribution in [2.75, 3.05) is 0 Å². The number of hydrogen-bond donors (Lipinski definition) is 2. The van der Waals surface area contributed by atoms with Gasteiger partial charge >= 0.3 is 0 Å². The van der Waals surface area contributed by atoms with Gasteiger partial charge in [-0.3, -0.25) is 10.8 Å². The van der Waals surface area contributed by atoms with Gasteiger partial charge in [-0.15, -0.1) is 0 Å². The lowest BCUT2D eigenvalue weighted by Crippen LogP contribution is -2.04. The highest BCUT2D eigenvalue weighted by molar-refractivity contribution is 6.20. The van der Waals surface area contributed by atoms with E-state index in [1.165, 1.54) is 27.8 Å². The number of benzene rings is 6. The number of nitrogens with one attached hydrogen (secondary N) is 2. The average molecular weight is 706 g/mol. The van der Waals surface area contributed by atoms with Crippen LogP contribution in [0.25, 0.3) is 22.5 Å². The molecular weight excluding hydrogens is 657 g/mol. The summed E-state index contributed by atoms with van der Waals surface area (Å²) in [6.45, 7) is 16.4. The molecule has 0 heterocycles. The number of rotatable bonds is 12. The van der Waals surface area contributed by atoms with Gasteiger partial charge in [0.05, 0.1) is 5.71 Å². The van der Waals surface area contributed by atoms with Crippen LogP contribution in [0, 0.1) is 17.2 Å². The van der Waals surface area contributed by atoms with Gasteiger partial charge in [-0.05, 0) is 86.2 Å². The van der Waals surface area contributed by atoms with Gasteiger partial charge in [0.2, 0.25) is 5.90 Å². The number of ether oxygens (including phenoxy) is 1. The maximum absolute atomic E-state index is 8.82. The van der Waals surface area contributed by atoms with Crippen molar-refractivity contribution in [1.82, 2.24) is 0 Å². The molecule has 269 valence electrons. The fourth-order valence-electron chi connectivity index (χ4n) is 6.05. The third-order valence-corrected chi connectivity index (χ3v) is 9.05. The van der Waals surface area contributed by atoms with Gasteiger partial charge in [0.25, 0.3) is 0 Å². The lowest BCUT2D eigenvalue weighted by molar-refractivity contribution is 0.506. The molecular formula is C51H49N2O. The highest BCUT2D eigenvalue weighted by Gasteiger charge is 2.29. The lowest BCUT2D eigenvalue weighted by Gasteiger charge is -2.11. The van der Waals surface area contributed by atoms with Crippen LogP contribution in [0.15, 0.2) is 182 Å². The van der Waals surface area contributed by atoms with Crippen LogP contribution in [0.3, 0.4) is 0 Å². The fourth-order valence-corrected chi connectivity index (χ4v) is 6.05. The van der Waals surface area contributed by atoms with Crippen molar-refractivity contribution in [1.29, 1.82) is 10.8 Å². The van der Waals surface area contributed by atoms with Crippen LogP contribution in [0.4, 0.5) is 0 Å². The van der Waals surface area contributed by atoms with Crippen molar-refractivity contribution in [2.24, 2.45) is 0 Å². The standard InChI is InChI=1S/C47H37N2O.2C2H6/c1-32(38-25-27-41(28-26-38)40-11-7-4-8-12-40)44-31-45(44)46(48)42-21-15-36(16-22-42)30-35-13-19-39(20-14-35)33(2)50-47(49)43-23-17-37(18-24-43)29-34-9-5-3-6-10-34;2*1-2/h3-28,31,48-49H,1-2,29-30H2;2*1-2H3. The zero-order valence-corrected chi connectivity index (χ0v) is 31.8. The zero-order chi connectivity index (χ0) is 38.5. The highest BCUT2D eigenvalue weighted by atomic mass is 16.5. The zero-order valence-electron chi connectivity index (χ0n) is 31.8. The summed E-state index contributed by atoms with van der Waals surface area (Å²) in [5.74, 6) is 0.514. The average Bonchev–Trinajstić information content (AvgIpc) is 4.05. The van der Waals surface area contributed by atoms with Gasteiger partial charge in [0.15, 0.2) is 0 Å². The van der Waals surface area contributed by atoms with Gasteiger partial charge in [-0.25, -0.2) is 0 Å². The first-order chi connectivity index (χ1) is 26.4. The molecule has 0 saturated carbocycles. The monoisotopic (exact) mass is 705 g/mol. The Morgan fingerprint density at radius 1 is 0.444 bits per heavy atom. The first-order valence-electron chi connectivity index (χ1n) is 18.7. The normalized spacial score (nSPS) is 11.3. The van der Waals surface area contributed by atoms with Gasteiger partial charge in [-0.1, -0.05) is 186 Å². The topological polar surface area (TPSA) is 56.9 Å². The number of allylic oxidation sites excluding steroid dienone is 3. The Bertz CT molecular complexity index is 2210. The second-order valence-electron chi connectivity index (χ2n) is 12.6. The molecule has 1 aliphatic carbocycles. The second kappa shape index (κ2) is 19.0. The van der Waals surface area contributed by atoms with E-state index < -0.39 is 0 Å². The van der Waals surface area contributed by atoms with Crippen LogP contribution < -0.4 is 0 Å². The summed E-state index contributed by atoms with van der Waals surface area (Å²) in [5.41, 5.74) is 14.1. The SMILES string of the molecule is C=C(OC(=N)c1ccc(Cc2ccccc2)cc1)c1ccc(Cc2ccc(C(=N)C3=C(C(=C)c4ccc(-c5ccccc5)cc4)[CH]3)cc2)cc1.CC.CC. The van der Waals surface area contributed by atoms with E-state index in [4.69, 9.17) is 15.6 Å². The minimum absolute atomic E-state index is 0.0736. The molecule has 2 N–H and O–H groups in total. The molecule has 0 unspecified atom stereocenters.